The number of nitrogens with one attached hydrogen (secondary N) is 1. The van der Waals surface area contributed by atoms with E-state index in [-0.39, 0.29) is 41.7 Å². The van der Waals surface area contributed by atoms with Crippen LogP contribution in [0.3, 0.4) is 0 Å². The van der Waals surface area contributed by atoms with Crippen molar-refractivity contribution >= 4 is 17.5 Å². The highest BCUT2D eigenvalue weighted by Crippen LogP contribution is 2.57. The number of nitrogens with zero attached hydrogens (tertiary/aromatic N) is 1. The Morgan fingerprint density at radius 3 is 2.30 bits per heavy atom. The first kappa shape index (κ1) is 17.5. The molecule has 1 aliphatic carbocycles. The van der Waals surface area contributed by atoms with Crippen molar-refractivity contribution in [1.29, 1.82) is 0 Å². The molecule has 4 atom stereocenters. The minimum Gasteiger partial charge on any atom is -0.385 e. The summed E-state index contributed by atoms with van der Waals surface area (Å²) in [5.41, 5.74) is 10.9. The zero-order chi connectivity index (χ0) is 19.2. The summed E-state index contributed by atoms with van der Waals surface area (Å²) in [5.74, 6) is -0.847. The van der Waals surface area contributed by atoms with E-state index in [9.17, 15) is 9.59 Å². The predicted molar refractivity (Wildman–Crippen MR) is 104 cm³/mol. The fourth-order valence-corrected chi connectivity index (χ4v) is 4.79. The zero-order valence-electron chi connectivity index (χ0n) is 15.5. The molecule has 0 saturated heterocycles. The maximum Gasteiger partial charge on any atom is 0.255 e. The highest BCUT2D eigenvalue weighted by molar-refractivity contribution is 6.14. The van der Waals surface area contributed by atoms with Crippen LogP contribution in [-0.2, 0) is 9.59 Å². The lowest BCUT2D eigenvalue weighted by Crippen LogP contribution is -2.56. The molecular formula is C22H23N3O2. The number of carbonyl (C=O) groups is 2. The van der Waals surface area contributed by atoms with E-state index >= 15 is 0 Å². The van der Waals surface area contributed by atoms with E-state index in [1.54, 1.807) is 0 Å². The maximum absolute atomic E-state index is 13.2. The monoisotopic (exact) mass is 361 g/mol. The molecule has 138 valence electrons. The van der Waals surface area contributed by atoms with E-state index in [0.717, 1.165) is 16.7 Å². The van der Waals surface area contributed by atoms with Crippen molar-refractivity contribution in [1.82, 2.24) is 5.43 Å². The van der Waals surface area contributed by atoms with Crippen LogP contribution in [0.4, 0.5) is 0 Å². The third kappa shape index (κ3) is 2.49. The Morgan fingerprint density at radius 1 is 1.04 bits per heavy atom. The van der Waals surface area contributed by atoms with Crippen LogP contribution >= 0.6 is 0 Å². The molecule has 2 aliphatic rings. The number of aryl methyl sites for hydroxylation is 1. The third-order valence-electron chi connectivity index (χ3n) is 6.17. The summed E-state index contributed by atoms with van der Waals surface area (Å²) in [7, 11) is 0. The molecule has 0 bridgehead atoms. The molecule has 3 N–H and O–H groups in total. The third-order valence-corrected chi connectivity index (χ3v) is 6.17. The van der Waals surface area contributed by atoms with Gasteiger partial charge in [0, 0.05) is 24.2 Å². The summed E-state index contributed by atoms with van der Waals surface area (Å²) in [4.78, 5) is 26.2. The van der Waals surface area contributed by atoms with E-state index < -0.39 is 5.41 Å². The molecule has 0 aromatic heterocycles. The van der Waals surface area contributed by atoms with Gasteiger partial charge in [0.1, 0.15) is 17.0 Å². The molecule has 1 amide bonds. The number of amides is 1. The largest absolute Gasteiger partial charge is 0.385 e. The van der Waals surface area contributed by atoms with E-state index in [2.05, 4.69) is 10.5 Å². The number of nitrogens with two attached hydrogens (primary N) is 1. The summed E-state index contributed by atoms with van der Waals surface area (Å²) < 4.78 is 0. The quantitative estimate of drug-likeness (QED) is 0.862. The topological polar surface area (TPSA) is 84.5 Å². The van der Waals surface area contributed by atoms with E-state index in [0.29, 0.717) is 0 Å². The molecule has 5 nitrogen and oxygen atoms in total. The van der Waals surface area contributed by atoms with Crippen molar-refractivity contribution in [3.63, 3.8) is 0 Å². The van der Waals surface area contributed by atoms with E-state index in [1.807, 2.05) is 68.4 Å². The van der Waals surface area contributed by atoms with Gasteiger partial charge < -0.3 is 5.73 Å². The van der Waals surface area contributed by atoms with E-state index in [4.69, 9.17) is 5.73 Å². The number of carbonyl (C=O) groups excluding carboxylic acids is 2. The van der Waals surface area contributed by atoms with Gasteiger partial charge in [-0.1, -0.05) is 67.1 Å². The molecule has 1 fully saturated rings. The van der Waals surface area contributed by atoms with Gasteiger partial charge in [-0.05, 0) is 18.1 Å². The van der Waals surface area contributed by atoms with Crippen LogP contribution in [-0.4, -0.2) is 17.5 Å². The number of amidine groups is 1. The van der Waals surface area contributed by atoms with Gasteiger partial charge in [0.2, 0.25) is 0 Å². The summed E-state index contributed by atoms with van der Waals surface area (Å²) in [6, 6.07) is 17.7. The summed E-state index contributed by atoms with van der Waals surface area (Å²) >= 11 is 0. The Balaban J connectivity index is 1.96. The number of hydrazone groups is 1. The Hall–Kier alpha value is -2.95. The molecular weight excluding hydrogens is 338 g/mol. The van der Waals surface area contributed by atoms with Gasteiger partial charge in [-0.25, -0.2) is 5.43 Å². The molecule has 27 heavy (non-hydrogen) atoms. The summed E-state index contributed by atoms with van der Waals surface area (Å²) in [6.07, 6.45) is 0.275. The van der Waals surface area contributed by atoms with Crippen molar-refractivity contribution in [2.45, 2.75) is 32.1 Å². The normalized spacial score (nSPS) is 30.3. The molecule has 1 spiro atoms. The fourth-order valence-electron chi connectivity index (χ4n) is 4.79. The van der Waals surface area contributed by atoms with E-state index in [1.165, 1.54) is 0 Å². The average Bonchev–Trinajstić information content (AvgIpc) is 2.96. The number of hydrogen-bond donors (Lipinski definition) is 2. The van der Waals surface area contributed by atoms with Crippen LogP contribution in [0.25, 0.3) is 0 Å². The van der Waals surface area contributed by atoms with Crippen LogP contribution in [0.5, 0.6) is 0 Å². The van der Waals surface area contributed by atoms with Gasteiger partial charge >= 0.3 is 0 Å². The minimum absolute atomic E-state index is 0.146. The number of Topliss-reactive ketones (excluding diaryl/α,β-unsaturated/α-hetero) is 1. The van der Waals surface area contributed by atoms with Gasteiger partial charge in [-0.15, -0.1) is 0 Å². The molecule has 4 rings (SSSR count). The first-order chi connectivity index (χ1) is 13.0. The molecule has 1 saturated carbocycles. The van der Waals surface area contributed by atoms with Crippen LogP contribution in [0.2, 0.25) is 0 Å². The maximum atomic E-state index is 13.2. The molecule has 0 radical (unpaired) electrons. The van der Waals surface area contributed by atoms with Gasteiger partial charge in [0.15, 0.2) is 0 Å². The molecule has 1 heterocycles. The second-order valence-corrected chi connectivity index (χ2v) is 7.62. The molecule has 5 heteroatoms. The number of rotatable bonds is 2. The van der Waals surface area contributed by atoms with Crippen LogP contribution in [0.15, 0.2) is 59.7 Å². The second kappa shape index (κ2) is 6.34. The first-order valence-corrected chi connectivity index (χ1v) is 9.24. The van der Waals surface area contributed by atoms with Gasteiger partial charge in [-0.2, -0.15) is 5.10 Å². The number of hydrogen-bond acceptors (Lipinski definition) is 4. The van der Waals surface area contributed by atoms with Crippen molar-refractivity contribution in [3.8, 4) is 0 Å². The summed E-state index contributed by atoms with van der Waals surface area (Å²) in [6.45, 7) is 3.91. The standard InChI is InChI=1S/C22H23N3O2/c1-13-8-10-15(11-9-13)17-12-18(26)14(2)19(16-6-4-3-5-7-16)22(17)20(23)24-25-21(22)27/h3-11,14,17,19H,12H2,1-2H3,(H2,23,24)(H,25,27). The SMILES string of the molecule is Cc1ccc(C2CC(=O)C(C)C(c3ccccc3)C23C(=O)NN=C3N)cc1. The second-order valence-electron chi connectivity index (χ2n) is 7.62. The predicted octanol–water partition coefficient (Wildman–Crippen LogP) is 2.86. The number of ketones is 1. The zero-order valence-corrected chi connectivity index (χ0v) is 15.5. The molecule has 2 aromatic carbocycles. The fraction of sp³-hybridized carbons (Fsp3) is 0.318. The Kier molecular flexibility index (Phi) is 4.10. The summed E-state index contributed by atoms with van der Waals surface area (Å²) in [5, 5.41) is 4.11. The van der Waals surface area contributed by atoms with Crippen molar-refractivity contribution in [2.24, 2.45) is 22.2 Å². The highest BCUT2D eigenvalue weighted by atomic mass is 16.2. The lowest BCUT2D eigenvalue weighted by Gasteiger charge is -2.47. The molecule has 2 aromatic rings. The smallest absolute Gasteiger partial charge is 0.255 e. The Morgan fingerprint density at radius 2 is 1.70 bits per heavy atom. The molecule has 1 aliphatic heterocycles. The van der Waals surface area contributed by atoms with Crippen LogP contribution < -0.4 is 11.2 Å². The van der Waals surface area contributed by atoms with Gasteiger partial charge in [-0.3, -0.25) is 9.59 Å². The van der Waals surface area contributed by atoms with Crippen molar-refractivity contribution < 1.29 is 9.59 Å². The molecule has 4 unspecified atom stereocenters. The Bertz CT molecular complexity index is 920. The lowest BCUT2D eigenvalue weighted by molar-refractivity contribution is -0.136. The lowest BCUT2D eigenvalue weighted by atomic mass is 9.52. The van der Waals surface area contributed by atoms with Crippen molar-refractivity contribution in [2.75, 3.05) is 0 Å². The Labute approximate surface area is 158 Å². The van der Waals surface area contributed by atoms with Crippen LogP contribution in [0, 0.1) is 18.3 Å². The van der Waals surface area contributed by atoms with Gasteiger partial charge in [0.05, 0.1) is 0 Å². The van der Waals surface area contributed by atoms with Crippen molar-refractivity contribution in [3.05, 3.63) is 71.3 Å². The van der Waals surface area contributed by atoms with Gasteiger partial charge in [0.25, 0.3) is 5.91 Å². The first-order valence-electron chi connectivity index (χ1n) is 9.24. The number of benzene rings is 2. The average molecular weight is 361 g/mol. The van der Waals surface area contributed by atoms with Crippen LogP contribution in [0.1, 0.15) is 41.9 Å². The highest BCUT2D eigenvalue weighted by Gasteiger charge is 2.63. The minimum atomic E-state index is -1.07.